The number of rotatable bonds is 1. The van der Waals surface area contributed by atoms with Crippen molar-refractivity contribution in [3.63, 3.8) is 0 Å². The lowest BCUT2D eigenvalue weighted by molar-refractivity contribution is 0.327. The van der Waals surface area contributed by atoms with E-state index >= 15 is 0 Å². The van der Waals surface area contributed by atoms with E-state index in [9.17, 15) is 0 Å². The zero-order valence-electron chi connectivity index (χ0n) is 8.79. The average molecular weight is 192 g/mol. The van der Waals surface area contributed by atoms with Gasteiger partial charge in [-0.25, -0.2) is 0 Å². The van der Waals surface area contributed by atoms with Crippen molar-refractivity contribution in [2.24, 2.45) is 12.0 Å². The molecule has 0 spiro atoms. The zero-order valence-corrected chi connectivity index (χ0v) is 8.79. The van der Waals surface area contributed by atoms with Crippen molar-refractivity contribution in [3.8, 4) is 0 Å². The molecule has 0 saturated heterocycles. The maximum atomic E-state index is 5.54. The highest BCUT2D eigenvalue weighted by Crippen LogP contribution is 2.17. The smallest absolute Gasteiger partial charge is 0.217 e. The van der Waals surface area contributed by atoms with E-state index in [1.54, 1.807) is 0 Å². The third-order valence-electron chi connectivity index (χ3n) is 2.54. The van der Waals surface area contributed by atoms with E-state index in [1.807, 2.05) is 6.92 Å². The van der Waals surface area contributed by atoms with Crippen molar-refractivity contribution < 1.29 is 4.74 Å². The molecule has 2 rings (SSSR count). The third kappa shape index (κ3) is 1.54. The lowest BCUT2D eigenvalue weighted by Gasteiger charge is -2.06. The van der Waals surface area contributed by atoms with Crippen molar-refractivity contribution >= 4 is 5.90 Å². The van der Waals surface area contributed by atoms with Crippen LogP contribution in [0.1, 0.15) is 24.6 Å². The molecule has 1 aliphatic rings. The van der Waals surface area contributed by atoms with Gasteiger partial charge in [0.25, 0.3) is 0 Å². The van der Waals surface area contributed by atoms with Crippen molar-refractivity contribution in [1.82, 2.24) is 4.57 Å². The highest BCUT2D eigenvalue weighted by atomic mass is 16.5. The number of ether oxygens (including phenoxy) is 1. The Balaban J connectivity index is 2.38. The van der Waals surface area contributed by atoms with Crippen molar-refractivity contribution in [3.05, 3.63) is 23.5 Å². The molecule has 2 heterocycles. The fourth-order valence-electron chi connectivity index (χ4n) is 1.84. The summed E-state index contributed by atoms with van der Waals surface area (Å²) >= 11 is 0. The van der Waals surface area contributed by atoms with E-state index in [2.05, 4.69) is 28.9 Å². The summed E-state index contributed by atoms with van der Waals surface area (Å²) in [5.41, 5.74) is 2.52. The Labute approximate surface area is 84.4 Å². The zero-order chi connectivity index (χ0) is 9.97. The molecule has 0 N–H and O–H groups in total. The molecule has 76 valence electrons. The van der Waals surface area contributed by atoms with Gasteiger partial charge in [-0.15, -0.1) is 0 Å². The third-order valence-corrected chi connectivity index (χ3v) is 2.54. The van der Waals surface area contributed by atoms with Gasteiger partial charge in [-0.1, -0.05) is 0 Å². The molecule has 1 aromatic heterocycles. The molecule has 0 saturated carbocycles. The maximum Gasteiger partial charge on any atom is 0.217 e. The SMILES string of the molecule is CCOC1=NCCCc2c1ccn2C. The van der Waals surface area contributed by atoms with Crippen molar-refractivity contribution in [2.45, 2.75) is 19.8 Å². The minimum absolute atomic E-state index is 0.688. The van der Waals surface area contributed by atoms with Gasteiger partial charge in [0.15, 0.2) is 0 Å². The number of aryl methyl sites for hydroxylation is 1. The van der Waals surface area contributed by atoms with Crippen LogP contribution in [-0.2, 0) is 18.2 Å². The minimum Gasteiger partial charge on any atom is -0.478 e. The molecule has 0 radical (unpaired) electrons. The number of aromatic nitrogens is 1. The van der Waals surface area contributed by atoms with Crippen LogP contribution in [0.2, 0.25) is 0 Å². The molecule has 14 heavy (non-hydrogen) atoms. The summed E-state index contributed by atoms with van der Waals surface area (Å²) in [4.78, 5) is 4.45. The summed E-state index contributed by atoms with van der Waals surface area (Å²) in [5, 5.41) is 0. The first kappa shape index (κ1) is 9.31. The number of hydrogen-bond acceptors (Lipinski definition) is 2. The van der Waals surface area contributed by atoms with Crippen molar-refractivity contribution in [2.75, 3.05) is 13.2 Å². The predicted molar refractivity (Wildman–Crippen MR) is 56.8 cm³/mol. The summed E-state index contributed by atoms with van der Waals surface area (Å²) in [6.07, 6.45) is 4.28. The van der Waals surface area contributed by atoms with Crippen LogP contribution in [0, 0.1) is 0 Å². The Morgan fingerprint density at radius 2 is 2.43 bits per heavy atom. The number of hydrogen-bond donors (Lipinski definition) is 0. The minimum atomic E-state index is 0.688. The molecule has 0 unspecified atom stereocenters. The molecule has 0 aromatic carbocycles. The largest absolute Gasteiger partial charge is 0.478 e. The van der Waals surface area contributed by atoms with Crippen molar-refractivity contribution in [1.29, 1.82) is 0 Å². The van der Waals surface area contributed by atoms with E-state index in [4.69, 9.17) is 4.74 Å². The van der Waals surface area contributed by atoms with E-state index in [1.165, 1.54) is 11.3 Å². The summed E-state index contributed by atoms with van der Waals surface area (Å²) < 4.78 is 7.70. The highest BCUT2D eigenvalue weighted by Gasteiger charge is 2.16. The monoisotopic (exact) mass is 192 g/mol. The standard InChI is InChI=1S/C11H16N2O/c1-3-14-11-9-6-8-13(2)10(9)5-4-7-12-11/h6,8H,3-5,7H2,1-2H3. The van der Waals surface area contributed by atoms with Gasteiger partial charge in [0.1, 0.15) is 0 Å². The van der Waals surface area contributed by atoms with Gasteiger partial charge in [0.2, 0.25) is 5.90 Å². The molecule has 0 fully saturated rings. The summed E-state index contributed by atoms with van der Waals surface area (Å²) in [5.74, 6) is 0.820. The fourth-order valence-corrected chi connectivity index (χ4v) is 1.84. The van der Waals surface area contributed by atoms with Gasteiger partial charge in [-0.2, -0.15) is 0 Å². The average Bonchev–Trinajstić information content (AvgIpc) is 2.43. The molecular weight excluding hydrogens is 176 g/mol. The van der Waals surface area contributed by atoms with Crippen LogP contribution in [0.5, 0.6) is 0 Å². The van der Waals surface area contributed by atoms with E-state index in [-0.39, 0.29) is 0 Å². The van der Waals surface area contributed by atoms with E-state index in [0.29, 0.717) is 6.61 Å². The summed E-state index contributed by atoms with van der Waals surface area (Å²) in [7, 11) is 2.08. The Bertz CT molecular complexity index is 352. The Morgan fingerprint density at radius 3 is 3.21 bits per heavy atom. The van der Waals surface area contributed by atoms with Gasteiger partial charge >= 0.3 is 0 Å². The second kappa shape index (κ2) is 3.86. The molecule has 0 amide bonds. The number of fused-ring (bicyclic) bond motifs is 1. The molecule has 0 atom stereocenters. The molecular formula is C11H16N2O. The van der Waals surface area contributed by atoms with Gasteiger partial charge in [-0.05, 0) is 25.8 Å². The van der Waals surface area contributed by atoms with Crippen LogP contribution in [0.4, 0.5) is 0 Å². The van der Waals surface area contributed by atoms with Gasteiger partial charge in [0.05, 0.1) is 12.2 Å². The number of nitrogens with zero attached hydrogens (tertiary/aromatic N) is 2. The second-order valence-corrected chi connectivity index (χ2v) is 3.51. The topological polar surface area (TPSA) is 26.5 Å². The molecule has 3 nitrogen and oxygen atoms in total. The maximum absolute atomic E-state index is 5.54. The highest BCUT2D eigenvalue weighted by molar-refractivity contribution is 5.95. The molecule has 0 aliphatic carbocycles. The number of aliphatic imine (C=N–C) groups is 1. The summed E-state index contributed by atoms with van der Waals surface area (Å²) in [6, 6.07) is 2.09. The Kier molecular flexibility index (Phi) is 2.57. The van der Waals surface area contributed by atoms with Gasteiger partial charge < -0.3 is 9.30 Å². The van der Waals surface area contributed by atoms with E-state index < -0.39 is 0 Å². The van der Waals surface area contributed by atoms with Gasteiger partial charge in [0, 0.05) is 25.5 Å². The quantitative estimate of drug-likeness (QED) is 0.666. The lowest BCUT2D eigenvalue weighted by Crippen LogP contribution is -2.08. The molecule has 1 aliphatic heterocycles. The van der Waals surface area contributed by atoms with Gasteiger partial charge in [-0.3, -0.25) is 4.99 Å². The second-order valence-electron chi connectivity index (χ2n) is 3.51. The molecule has 3 heteroatoms. The summed E-state index contributed by atoms with van der Waals surface area (Å²) in [6.45, 7) is 3.56. The fraction of sp³-hybridized carbons (Fsp3) is 0.545. The van der Waals surface area contributed by atoms with E-state index in [0.717, 1.165) is 25.3 Å². The Hall–Kier alpha value is -1.25. The molecule has 1 aromatic rings. The van der Waals surface area contributed by atoms with Crippen LogP contribution in [-0.4, -0.2) is 23.6 Å². The normalized spacial score (nSPS) is 15.7. The van der Waals surface area contributed by atoms with Crippen LogP contribution < -0.4 is 0 Å². The first-order chi connectivity index (χ1) is 6.83. The van der Waals surface area contributed by atoms with Crippen LogP contribution in [0.3, 0.4) is 0 Å². The first-order valence-electron chi connectivity index (χ1n) is 5.14. The van der Waals surface area contributed by atoms with Crippen LogP contribution in [0.25, 0.3) is 0 Å². The predicted octanol–water partition coefficient (Wildman–Crippen LogP) is 1.75. The van der Waals surface area contributed by atoms with Crippen LogP contribution >= 0.6 is 0 Å². The lowest BCUT2D eigenvalue weighted by atomic mass is 10.2. The van der Waals surface area contributed by atoms with Crippen LogP contribution in [0.15, 0.2) is 17.3 Å². The Morgan fingerprint density at radius 1 is 1.57 bits per heavy atom. The first-order valence-corrected chi connectivity index (χ1v) is 5.14. The molecule has 0 bridgehead atoms.